The highest BCUT2D eigenvalue weighted by molar-refractivity contribution is 7.99. The van der Waals surface area contributed by atoms with Crippen molar-refractivity contribution in [3.05, 3.63) is 5.82 Å². The topological polar surface area (TPSA) is 94.0 Å². The van der Waals surface area contributed by atoms with Gasteiger partial charge in [0.15, 0.2) is 15.0 Å². The number of hydrogen-bond acceptors (Lipinski definition) is 6. The van der Waals surface area contributed by atoms with E-state index in [9.17, 15) is 13.2 Å². The molecule has 2 fully saturated rings. The Kier molecular flexibility index (Phi) is 5.49. The maximum absolute atomic E-state index is 12.1. The lowest BCUT2D eigenvalue weighted by Gasteiger charge is -2.25. The smallest absolute Gasteiger partial charge is 0.230 e. The van der Waals surface area contributed by atoms with E-state index >= 15 is 0 Å². The number of aryl methyl sites for hydroxylation is 1. The molecule has 1 atom stereocenters. The van der Waals surface area contributed by atoms with Gasteiger partial charge in [-0.15, -0.1) is 10.2 Å². The molecule has 0 unspecified atom stereocenters. The highest BCUT2D eigenvalue weighted by Gasteiger charge is 2.29. The van der Waals surface area contributed by atoms with E-state index in [2.05, 4.69) is 20.1 Å². The van der Waals surface area contributed by atoms with Crippen LogP contribution in [0.25, 0.3) is 0 Å². The largest absolute Gasteiger partial charge is 0.352 e. The maximum atomic E-state index is 12.1. The van der Waals surface area contributed by atoms with Crippen molar-refractivity contribution in [2.24, 2.45) is 0 Å². The van der Waals surface area contributed by atoms with Gasteiger partial charge in [0, 0.05) is 12.1 Å². The van der Waals surface area contributed by atoms with Gasteiger partial charge >= 0.3 is 0 Å². The Hall–Kier alpha value is -1.09. The lowest BCUT2D eigenvalue weighted by Crippen LogP contribution is -2.36. The molecule has 9 heteroatoms. The van der Waals surface area contributed by atoms with E-state index in [1.165, 1.54) is 31.0 Å². The summed E-state index contributed by atoms with van der Waals surface area (Å²) in [5.41, 5.74) is 0. The average molecular weight is 373 g/mol. The molecule has 1 saturated carbocycles. The lowest BCUT2D eigenvalue weighted by atomic mass is 9.95. The molecule has 134 valence electrons. The van der Waals surface area contributed by atoms with E-state index < -0.39 is 9.84 Å². The number of carbonyl (C=O) groups excluding carboxylic acids is 1. The van der Waals surface area contributed by atoms with Gasteiger partial charge in [-0.2, -0.15) is 0 Å². The van der Waals surface area contributed by atoms with Gasteiger partial charge in [-0.1, -0.05) is 31.0 Å². The fourth-order valence-corrected chi connectivity index (χ4v) is 6.05. The predicted octanol–water partition coefficient (Wildman–Crippen LogP) is 1.49. The summed E-state index contributed by atoms with van der Waals surface area (Å²) in [5.74, 6) is 1.22. The molecule has 0 bridgehead atoms. The third-order valence-electron chi connectivity index (χ3n) is 4.70. The van der Waals surface area contributed by atoms with Crippen LogP contribution in [0.5, 0.6) is 0 Å². The molecule has 0 aromatic carbocycles. The van der Waals surface area contributed by atoms with Gasteiger partial charge in [-0.3, -0.25) is 4.79 Å². The van der Waals surface area contributed by atoms with Crippen molar-refractivity contribution in [1.82, 2.24) is 20.1 Å². The fraction of sp³-hybridized carbons (Fsp3) is 0.800. The lowest BCUT2D eigenvalue weighted by molar-refractivity contribution is -0.119. The molecule has 1 aliphatic carbocycles. The van der Waals surface area contributed by atoms with Crippen molar-refractivity contribution in [3.8, 4) is 0 Å². The van der Waals surface area contributed by atoms with Gasteiger partial charge in [0.05, 0.1) is 17.3 Å². The number of thioether (sulfide) groups is 1. The normalized spacial score (nSPS) is 24.1. The summed E-state index contributed by atoms with van der Waals surface area (Å²) in [6.45, 7) is 1.95. The first-order valence-corrected chi connectivity index (χ1v) is 11.3. The zero-order valence-electron chi connectivity index (χ0n) is 13.9. The van der Waals surface area contributed by atoms with Crippen LogP contribution >= 0.6 is 11.8 Å². The summed E-state index contributed by atoms with van der Waals surface area (Å²) in [6.07, 6.45) is 6.52. The van der Waals surface area contributed by atoms with Crippen molar-refractivity contribution in [2.75, 3.05) is 17.3 Å². The quantitative estimate of drug-likeness (QED) is 0.787. The van der Waals surface area contributed by atoms with E-state index in [0.29, 0.717) is 12.5 Å². The van der Waals surface area contributed by atoms with E-state index in [1.54, 1.807) is 0 Å². The van der Waals surface area contributed by atoms with Crippen LogP contribution in [-0.4, -0.2) is 52.4 Å². The van der Waals surface area contributed by atoms with Crippen LogP contribution in [0.15, 0.2) is 5.16 Å². The Morgan fingerprint density at radius 1 is 1.25 bits per heavy atom. The number of amides is 1. The number of aromatic nitrogens is 3. The van der Waals surface area contributed by atoms with E-state index in [-0.39, 0.29) is 29.2 Å². The average Bonchev–Trinajstić information content (AvgIpc) is 3.08. The Labute approximate surface area is 146 Å². The van der Waals surface area contributed by atoms with Crippen molar-refractivity contribution in [1.29, 1.82) is 0 Å². The highest BCUT2D eigenvalue weighted by Crippen LogP contribution is 2.32. The van der Waals surface area contributed by atoms with E-state index in [4.69, 9.17) is 0 Å². The van der Waals surface area contributed by atoms with E-state index in [0.717, 1.165) is 23.8 Å². The van der Waals surface area contributed by atoms with Crippen LogP contribution in [0.1, 0.15) is 50.4 Å². The van der Waals surface area contributed by atoms with Crippen LogP contribution in [-0.2, 0) is 14.6 Å². The summed E-state index contributed by atoms with van der Waals surface area (Å²) >= 11 is 1.38. The Balaban J connectivity index is 1.56. The Morgan fingerprint density at radius 2 is 2.00 bits per heavy atom. The third kappa shape index (κ3) is 4.30. The Morgan fingerprint density at radius 3 is 2.67 bits per heavy atom. The fourth-order valence-electron chi connectivity index (χ4n) is 3.52. The molecule has 0 radical (unpaired) electrons. The van der Waals surface area contributed by atoms with Crippen molar-refractivity contribution >= 4 is 27.5 Å². The van der Waals surface area contributed by atoms with Crippen molar-refractivity contribution < 1.29 is 13.2 Å². The first-order chi connectivity index (χ1) is 11.4. The summed E-state index contributed by atoms with van der Waals surface area (Å²) in [5, 5.41) is 12.0. The maximum Gasteiger partial charge on any atom is 0.230 e. The minimum Gasteiger partial charge on any atom is -0.352 e. The molecule has 1 saturated heterocycles. The molecule has 7 nitrogen and oxygen atoms in total. The zero-order chi connectivity index (χ0) is 17.2. The molecular formula is C15H24N4O3S2. The first-order valence-electron chi connectivity index (χ1n) is 8.49. The summed E-state index contributed by atoms with van der Waals surface area (Å²) in [6, 6.07) is 0.181. The van der Waals surface area contributed by atoms with E-state index in [1.807, 2.05) is 6.92 Å². The van der Waals surface area contributed by atoms with Gasteiger partial charge < -0.3 is 9.88 Å². The second-order valence-corrected chi connectivity index (χ2v) is 9.82. The van der Waals surface area contributed by atoms with Crippen molar-refractivity contribution in [3.63, 3.8) is 0 Å². The molecule has 1 aromatic heterocycles. The van der Waals surface area contributed by atoms with Gasteiger partial charge in [-0.25, -0.2) is 8.42 Å². The number of nitrogens with zero attached hydrogens (tertiary/aromatic N) is 3. The van der Waals surface area contributed by atoms with Crippen LogP contribution in [0.4, 0.5) is 0 Å². The first kappa shape index (κ1) is 17.7. The standard InChI is InChI=1S/C15H24N4O3S2/c1-11-17-18-15(19(11)13-5-3-2-4-6-13)23-9-14(20)16-12-7-8-24(21,22)10-12/h12-13H,2-10H2,1H3,(H,16,20)/t12-/m1/s1. The van der Waals surface area contributed by atoms with Crippen LogP contribution in [0.2, 0.25) is 0 Å². The van der Waals surface area contributed by atoms with Crippen molar-refractivity contribution in [2.45, 2.75) is 62.7 Å². The number of rotatable bonds is 5. The number of hydrogen-bond donors (Lipinski definition) is 1. The molecular weight excluding hydrogens is 348 g/mol. The summed E-state index contributed by atoms with van der Waals surface area (Å²) in [4.78, 5) is 12.1. The van der Waals surface area contributed by atoms with Gasteiger partial charge in [0.2, 0.25) is 5.91 Å². The summed E-state index contributed by atoms with van der Waals surface area (Å²) in [7, 11) is -2.97. The molecule has 1 N–H and O–H groups in total. The molecule has 24 heavy (non-hydrogen) atoms. The van der Waals surface area contributed by atoms with Crippen LogP contribution in [0.3, 0.4) is 0 Å². The minimum atomic E-state index is -2.97. The molecule has 1 aliphatic heterocycles. The number of nitrogens with one attached hydrogen (secondary N) is 1. The van der Waals surface area contributed by atoms with Gasteiger partial charge in [-0.05, 0) is 26.2 Å². The molecule has 3 rings (SSSR count). The number of carbonyl (C=O) groups is 1. The Bertz CT molecular complexity index is 696. The molecule has 1 amide bonds. The van der Waals surface area contributed by atoms with Gasteiger partial charge in [0.25, 0.3) is 0 Å². The number of sulfone groups is 1. The van der Waals surface area contributed by atoms with Crippen LogP contribution < -0.4 is 5.32 Å². The molecule has 2 aliphatic rings. The minimum absolute atomic E-state index is 0.0563. The second-order valence-electron chi connectivity index (χ2n) is 6.65. The molecule has 1 aromatic rings. The summed E-state index contributed by atoms with van der Waals surface area (Å²) < 4.78 is 25.1. The molecule has 0 spiro atoms. The van der Waals surface area contributed by atoms with Gasteiger partial charge in [0.1, 0.15) is 5.82 Å². The SMILES string of the molecule is Cc1nnc(SCC(=O)N[C@@H]2CCS(=O)(=O)C2)n1C1CCCCC1. The van der Waals surface area contributed by atoms with Crippen LogP contribution in [0, 0.1) is 6.92 Å². The second kappa shape index (κ2) is 7.43. The highest BCUT2D eigenvalue weighted by atomic mass is 32.2. The predicted molar refractivity (Wildman–Crippen MR) is 92.8 cm³/mol. The molecule has 2 heterocycles. The third-order valence-corrected chi connectivity index (χ3v) is 7.42. The monoisotopic (exact) mass is 372 g/mol. The zero-order valence-corrected chi connectivity index (χ0v) is 15.5.